The highest BCUT2D eigenvalue weighted by atomic mass is 32.2. The lowest BCUT2D eigenvalue weighted by molar-refractivity contribution is -0.150. The van der Waals surface area contributed by atoms with E-state index in [2.05, 4.69) is 26.0 Å². The molecule has 0 unspecified atom stereocenters. The molecule has 22 nitrogen and oxygen atoms in total. The van der Waals surface area contributed by atoms with Crippen LogP contribution in [0.4, 0.5) is 5.13 Å². The minimum absolute atomic E-state index is 0.0324. The monoisotopic (exact) mass is 921 g/mol. The Morgan fingerprint density at radius 2 is 1.72 bits per heavy atom. The molecule has 5 heterocycles. The number of amides is 2. The number of thioether (sulfide) groups is 2. The van der Waals surface area contributed by atoms with Crippen LogP contribution < -0.4 is 16.6 Å². The lowest BCUT2D eigenvalue weighted by Crippen LogP contribution is -2.71. The van der Waals surface area contributed by atoms with Gasteiger partial charge in [-0.25, -0.2) is 36.6 Å². The van der Waals surface area contributed by atoms with Crippen molar-refractivity contribution in [1.82, 2.24) is 30.8 Å². The molecule has 316 valence electrons. The van der Waals surface area contributed by atoms with E-state index < -0.39 is 94.3 Å². The summed E-state index contributed by atoms with van der Waals surface area (Å²) in [5.74, 6) is -6.62. The summed E-state index contributed by atoms with van der Waals surface area (Å²) in [4.78, 5) is 53.6. The van der Waals surface area contributed by atoms with Crippen LogP contribution in [-0.2, 0) is 38.9 Å². The van der Waals surface area contributed by atoms with Gasteiger partial charge in [-0.3, -0.25) is 19.5 Å². The minimum atomic E-state index is -4.26. The van der Waals surface area contributed by atoms with E-state index in [0.29, 0.717) is 22.1 Å². The van der Waals surface area contributed by atoms with E-state index in [0.717, 1.165) is 52.6 Å². The number of oxime groups is 1. The third kappa shape index (κ3) is 8.39. The number of benzene rings is 2. The smallest absolute Gasteiger partial charge is 0.352 e. The van der Waals surface area contributed by atoms with Crippen LogP contribution in [0.25, 0.3) is 0 Å². The highest BCUT2D eigenvalue weighted by Crippen LogP contribution is 2.42. The number of aliphatic imine (C=N–C) groups is 1. The van der Waals surface area contributed by atoms with Crippen molar-refractivity contribution >= 4 is 88.9 Å². The summed E-state index contributed by atoms with van der Waals surface area (Å²) in [6, 6.07) is 4.69. The van der Waals surface area contributed by atoms with Gasteiger partial charge in [0.15, 0.2) is 49.5 Å². The van der Waals surface area contributed by atoms with Crippen LogP contribution in [0.3, 0.4) is 0 Å². The maximum Gasteiger partial charge on any atom is 0.352 e. The predicted octanol–water partition coefficient (Wildman–Crippen LogP) is 0.755. The SMILES string of the molecule is CC1=NC2=CN(CS(=O)(=O)c3ccc(O)c(O)c3)NN2C(SCC2=C(C(=O)O)N3C(=O)[C@@H](NC(=O)C(=NOCS(=O)(=O)c4ccc(O)c(O)c4)c4csc(N)n4)[C@H]3SC2)=C1. The number of phenolic OH excluding ortho intramolecular Hbond substituents is 4. The number of thiazole rings is 1. The molecule has 0 saturated carbocycles. The van der Waals surface area contributed by atoms with E-state index in [4.69, 9.17) is 10.6 Å². The first-order valence-corrected chi connectivity index (χ1v) is 23.1. The van der Waals surface area contributed by atoms with Crippen molar-refractivity contribution in [2.45, 2.75) is 28.1 Å². The van der Waals surface area contributed by atoms with Crippen molar-refractivity contribution in [1.29, 1.82) is 0 Å². The molecule has 4 aliphatic rings. The van der Waals surface area contributed by atoms with Gasteiger partial charge in [-0.15, -0.1) is 40.4 Å². The predicted molar refractivity (Wildman–Crippen MR) is 216 cm³/mol. The number of sulfone groups is 2. The first-order valence-electron chi connectivity index (χ1n) is 16.9. The Labute approximate surface area is 351 Å². The van der Waals surface area contributed by atoms with Gasteiger partial charge in [-0.1, -0.05) is 5.16 Å². The van der Waals surface area contributed by atoms with Crippen LogP contribution in [0.2, 0.25) is 0 Å². The summed E-state index contributed by atoms with van der Waals surface area (Å²) >= 11 is 3.31. The molecule has 0 bridgehead atoms. The van der Waals surface area contributed by atoms with E-state index in [1.807, 2.05) is 0 Å². The number of anilines is 1. The Bertz CT molecular complexity index is 2720. The number of nitrogens with one attached hydrogen (secondary N) is 2. The first kappa shape index (κ1) is 42.1. The van der Waals surface area contributed by atoms with Crippen molar-refractivity contribution < 1.29 is 61.6 Å². The Balaban J connectivity index is 1.02. The number of carbonyl (C=O) groups is 3. The number of nitrogen functional groups attached to an aromatic ring is 1. The number of rotatable bonds is 14. The molecule has 0 radical (unpaired) electrons. The zero-order valence-corrected chi connectivity index (χ0v) is 34.6. The number of aromatic hydroxyl groups is 4. The Morgan fingerprint density at radius 3 is 2.33 bits per heavy atom. The normalized spacial score (nSPS) is 19.2. The summed E-state index contributed by atoms with van der Waals surface area (Å²) in [7, 11) is -8.27. The number of allylic oxidation sites excluding steroid dienone is 1. The van der Waals surface area contributed by atoms with E-state index in [-0.39, 0.29) is 32.9 Å². The van der Waals surface area contributed by atoms with Crippen LogP contribution >= 0.6 is 34.9 Å². The quantitative estimate of drug-likeness (QED) is 0.0479. The number of nitrogens with zero attached hydrogens (tertiary/aromatic N) is 6. The number of aliphatic carboxylic acids is 1. The summed E-state index contributed by atoms with van der Waals surface area (Å²) < 4.78 is 51.7. The van der Waals surface area contributed by atoms with E-state index in [1.165, 1.54) is 45.1 Å². The number of nitrogens with two attached hydrogens (primary N) is 1. The third-order valence-electron chi connectivity index (χ3n) is 8.77. The molecule has 3 aromatic rings. The maximum absolute atomic E-state index is 13.5. The van der Waals surface area contributed by atoms with Crippen LogP contribution in [0.15, 0.2) is 96.1 Å². The van der Waals surface area contributed by atoms with Crippen LogP contribution in [0.1, 0.15) is 12.6 Å². The number of carboxylic acid groups (broad SMARTS) is 1. The summed E-state index contributed by atoms with van der Waals surface area (Å²) in [6.07, 6.45) is 3.14. The second kappa shape index (κ2) is 16.2. The second-order valence-electron chi connectivity index (χ2n) is 13.0. The molecule has 9 N–H and O–H groups in total. The Kier molecular flexibility index (Phi) is 11.4. The molecule has 1 saturated heterocycles. The van der Waals surface area contributed by atoms with Gasteiger partial charge in [-0.05, 0) is 42.8 Å². The number of β-lactam (4-membered cyclic amide) rings is 1. The van der Waals surface area contributed by atoms with E-state index in [9.17, 15) is 56.8 Å². The summed E-state index contributed by atoms with van der Waals surface area (Å²) in [6.45, 7) is 1.71. The molecule has 2 aromatic carbocycles. The van der Waals surface area contributed by atoms with Gasteiger partial charge in [-0.2, -0.15) is 0 Å². The Hall–Kier alpha value is -6.00. The minimum Gasteiger partial charge on any atom is -0.504 e. The number of aromatic nitrogens is 1. The molecule has 0 spiro atoms. The third-order valence-corrected chi connectivity index (χ3v) is 14.8. The fourth-order valence-electron chi connectivity index (χ4n) is 5.92. The van der Waals surface area contributed by atoms with Gasteiger partial charge in [0.25, 0.3) is 11.8 Å². The standard InChI is InChI=1S/C33H31N9O13S5/c1-15-6-25(42-24(35-15)9-40(39-42)13-59(51,52)17-2-4-20(43)22(45)7-17)56-10-16-11-57-31-27(30(48)41(31)28(16)32(49)50)37-29(47)26(19-12-58-33(34)36-19)38-55-14-60(53,54)18-3-5-21(44)23(46)8-18/h2-9,12,27,31,39,43-46H,10-11,13-14H2,1H3,(H2,34,36)(H,37,47)(H,49,50)/t27-,31-/m1/s1. The zero-order chi connectivity index (χ0) is 43.3. The topological polar surface area (TPSA) is 327 Å². The van der Waals surface area contributed by atoms with Crippen LogP contribution in [-0.4, -0.2) is 126 Å². The fraction of sp³-hybridized carbons (Fsp3) is 0.212. The lowest BCUT2D eigenvalue weighted by Gasteiger charge is -2.49. The highest BCUT2D eigenvalue weighted by molar-refractivity contribution is 8.03. The van der Waals surface area contributed by atoms with Crippen molar-refractivity contribution in [2.24, 2.45) is 10.1 Å². The number of phenols is 4. The van der Waals surface area contributed by atoms with Gasteiger partial charge in [0.1, 0.15) is 28.7 Å². The van der Waals surface area contributed by atoms with Crippen LogP contribution in [0.5, 0.6) is 23.0 Å². The first-order chi connectivity index (χ1) is 28.3. The summed E-state index contributed by atoms with van der Waals surface area (Å²) in [5, 5.41) is 58.9. The largest absolute Gasteiger partial charge is 0.504 e. The number of fused-ring (bicyclic) bond motifs is 2. The number of hydrogen-bond acceptors (Lipinski definition) is 22. The maximum atomic E-state index is 13.5. The molecule has 2 atom stereocenters. The molecule has 0 aliphatic carbocycles. The molecular formula is C33H31N9O13S5. The molecule has 60 heavy (non-hydrogen) atoms. The number of hydrazine groups is 2. The molecule has 7 rings (SSSR count). The average molecular weight is 922 g/mol. The summed E-state index contributed by atoms with van der Waals surface area (Å²) in [5.41, 5.74) is 8.66. The average Bonchev–Trinajstić information content (AvgIpc) is 3.80. The lowest BCUT2D eigenvalue weighted by atomic mass is 10.0. The van der Waals surface area contributed by atoms with Gasteiger partial charge in [0.05, 0.1) is 21.0 Å². The zero-order valence-electron chi connectivity index (χ0n) is 30.5. The highest BCUT2D eigenvalue weighted by Gasteiger charge is 2.54. The molecule has 1 fully saturated rings. The van der Waals surface area contributed by atoms with E-state index in [1.54, 1.807) is 13.0 Å². The van der Waals surface area contributed by atoms with Crippen molar-refractivity contribution in [3.05, 3.63) is 81.9 Å². The van der Waals surface area contributed by atoms with Gasteiger partial charge in [0, 0.05) is 34.7 Å². The number of hydrogen-bond donors (Lipinski definition) is 8. The second-order valence-corrected chi connectivity index (χ2v) is 19.8. The van der Waals surface area contributed by atoms with Crippen LogP contribution in [0, 0.1) is 0 Å². The Morgan fingerprint density at radius 1 is 1.05 bits per heavy atom. The fourth-order valence-corrected chi connectivity index (χ4v) is 11.1. The molecule has 2 amide bonds. The van der Waals surface area contributed by atoms with Crippen molar-refractivity contribution in [2.75, 3.05) is 29.1 Å². The van der Waals surface area contributed by atoms with Crippen molar-refractivity contribution in [3.8, 4) is 23.0 Å². The molecule has 4 aliphatic heterocycles. The number of carboxylic acids is 1. The van der Waals surface area contributed by atoms with Gasteiger partial charge < -0.3 is 41.4 Å². The molecular weight excluding hydrogens is 891 g/mol. The van der Waals surface area contributed by atoms with Gasteiger partial charge >= 0.3 is 5.97 Å². The molecule has 1 aromatic heterocycles. The number of carbonyl (C=O) groups excluding carboxylic acids is 2. The van der Waals surface area contributed by atoms with Gasteiger partial charge in [0.2, 0.25) is 15.8 Å². The van der Waals surface area contributed by atoms with Crippen molar-refractivity contribution in [3.63, 3.8) is 0 Å². The molecule has 27 heteroatoms. The van der Waals surface area contributed by atoms with E-state index >= 15 is 0 Å².